The van der Waals surface area contributed by atoms with Crippen LogP contribution in [0.2, 0.25) is 0 Å². The first-order chi connectivity index (χ1) is 12.8. The maximum Gasteiger partial charge on any atom is 0.261 e. The summed E-state index contributed by atoms with van der Waals surface area (Å²) in [5, 5.41) is 0.472. The minimum Gasteiger partial charge on any atom is -0.298 e. The Morgan fingerprint density at radius 3 is 2.67 bits per heavy atom. The SMILES string of the molecule is O=C(CCn1cnc2ccccc2c1=O)NNC(=O)CC1CCS(=O)(=O)C1. The van der Waals surface area contributed by atoms with E-state index in [4.69, 9.17) is 0 Å². The minimum absolute atomic E-state index is 0.00620. The first-order valence-corrected chi connectivity index (χ1v) is 10.4. The molecule has 2 aromatic rings. The normalized spacial score (nSPS) is 18.3. The van der Waals surface area contributed by atoms with Gasteiger partial charge < -0.3 is 0 Å². The average molecular weight is 392 g/mol. The van der Waals surface area contributed by atoms with Gasteiger partial charge in [0, 0.05) is 19.4 Å². The van der Waals surface area contributed by atoms with Crippen molar-refractivity contribution in [2.24, 2.45) is 5.92 Å². The van der Waals surface area contributed by atoms with Crippen molar-refractivity contribution < 1.29 is 18.0 Å². The maximum absolute atomic E-state index is 12.3. The lowest BCUT2D eigenvalue weighted by Crippen LogP contribution is -2.42. The zero-order valence-electron chi connectivity index (χ0n) is 14.6. The molecule has 9 nitrogen and oxygen atoms in total. The Bertz CT molecular complexity index is 1030. The first-order valence-electron chi connectivity index (χ1n) is 8.56. The van der Waals surface area contributed by atoms with Crippen molar-refractivity contribution in [1.82, 2.24) is 20.4 Å². The van der Waals surface area contributed by atoms with E-state index in [0.717, 1.165) is 0 Å². The topological polar surface area (TPSA) is 127 Å². The van der Waals surface area contributed by atoms with Gasteiger partial charge in [0.05, 0.1) is 28.7 Å². The highest BCUT2D eigenvalue weighted by Gasteiger charge is 2.29. The number of aromatic nitrogens is 2. The van der Waals surface area contributed by atoms with Gasteiger partial charge in [0.15, 0.2) is 9.84 Å². The number of carbonyl (C=O) groups is 2. The molecule has 27 heavy (non-hydrogen) atoms. The molecular weight excluding hydrogens is 372 g/mol. The highest BCUT2D eigenvalue weighted by Crippen LogP contribution is 2.21. The molecule has 1 aromatic carbocycles. The van der Waals surface area contributed by atoms with Crippen LogP contribution in [-0.4, -0.2) is 41.3 Å². The van der Waals surface area contributed by atoms with Crippen LogP contribution in [0.5, 0.6) is 0 Å². The van der Waals surface area contributed by atoms with Gasteiger partial charge in [-0.3, -0.25) is 29.8 Å². The summed E-state index contributed by atoms with van der Waals surface area (Å²) in [5.41, 5.74) is 4.91. The van der Waals surface area contributed by atoms with E-state index in [2.05, 4.69) is 15.8 Å². The molecule has 2 amide bonds. The second-order valence-corrected chi connectivity index (χ2v) is 8.81. The fraction of sp³-hybridized carbons (Fsp3) is 0.412. The summed E-state index contributed by atoms with van der Waals surface area (Å²) in [5.74, 6) is -0.996. The van der Waals surface area contributed by atoms with Crippen LogP contribution in [0.25, 0.3) is 10.9 Å². The Hall–Kier alpha value is -2.75. The van der Waals surface area contributed by atoms with Gasteiger partial charge in [0.1, 0.15) is 0 Å². The number of hydrazine groups is 1. The van der Waals surface area contributed by atoms with Crippen LogP contribution in [0.4, 0.5) is 0 Å². The van der Waals surface area contributed by atoms with Crippen LogP contribution in [0.3, 0.4) is 0 Å². The lowest BCUT2D eigenvalue weighted by Gasteiger charge is -2.10. The maximum atomic E-state index is 12.3. The van der Waals surface area contributed by atoms with E-state index in [0.29, 0.717) is 17.3 Å². The summed E-state index contributed by atoms with van der Waals surface area (Å²) < 4.78 is 24.1. The van der Waals surface area contributed by atoms with Crippen molar-refractivity contribution in [3.63, 3.8) is 0 Å². The number of sulfone groups is 1. The fourth-order valence-corrected chi connectivity index (χ4v) is 4.90. The number of para-hydroxylation sites is 1. The number of fused-ring (bicyclic) bond motifs is 1. The number of hydrogen-bond donors (Lipinski definition) is 2. The van der Waals surface area contributed by atoms with Crippen LogP contribution in [0.15, 0.2) is 35.4 Å². The summed E-state index contributed by atoms with van der Waals surface area (Å²) in [7, 11) is -3.04. The van der Waals surface area contributed by atoms with E-state index in [-0.39, 0.29) is 42.4 Å². The molecule has 1 unspecified atom stereocenters. The second-order valence-electron chi connectivity index (χ2n) is 6.58. The third-order valence-corrected chi connectivity index (χ3v) is 6.29. The highest BCUT2D eigenvalue weighted by molar-refractivity contribution is 7.91. The van der Waals surface area contributed by atoms with Crippen LogP contribution < -0.4 is 16.4 Å². The lowest BCUT2D eigenvalue weighted by molar-refractivity contribution is -0.129. The van der Waals surface area contributed by atoms with Gasteiger partial charge >= 0.3 is 0 Å². The molecule has 1 aliphatic rings. The average Bonchev–Trinajstić information content (AvgIpc) is 2.98. The number of nitrogens with one attached hydrogen (secondary N) is 2. The van der Waals surface area contributed by atoms with Gasteiger partial charge in [0.2, 0.25) is 11.8 Å². The molecule has 1 aromatic heterocycles. The molecule has 1 saturated heterocycles. The minimum atomic E-state index is -3.04. The number of hydrogen-bond acceptors (Lipinski definition) is 6. The number of nitrogens with zero attached hydrogens (tertiary/aromatic N) is 2. The van der Waals surface area contributed by atoms with E-state index < -0.39 is 21.7 Å². The molecule has 1 atom stereocenters. The van der Waals surface area contributed by atoms with Crippen molar-refractivity contribution in [2.45, 2.75) is 25.8 Å². The molecule has 3 rings (SSSR count). The summed E-state index contributed by atoms with van der Waals surface area (Å²) in [6.07, 6.45) is 1.88. The lowest BCUT2D eigenvalue weighted by atomic mass is 10.1. The van der Waals surface area contributed by atoms with Crippen molar-refractivity contribution in [2.75, 3.05) is 11.5 Å². The number of benzene rings is 1. The molecule has 10 heteroatoms. The third-order valence-electron chi connectivity index (χ3n) is 4.45. The number of amides is 2. The highest BCUT2D eigenvalue weighted by atomic mass is 32.2. The van der Waals surface area contributed by atoms with Gasteiger partial charge in [-0.15, -0.1) is 0 Å². The molecule has 0 saturated carbocycles. The van der Waals surface area contributed by atoms with Crippen molar-refractivity contribution in [3.8, 4) is 0 Å². The van der Waals surface area contributed by atoms with Gasteiger partial charge in [0.25, 0.3) is 5.56 Å². The van der Waals surface area contributed by atoms with E-state index in [1.54, 1.807) is 24.3 Å². The number of rotatable bonds is 5. The third kappa shape index (κ3) is 4.91. The van der Waals surface area contributed by atoms with E-state index in [9.17, 15) is 22.8 Å². The first kappa shape index (κ1) is 19.0. The monoisotopic (exact) mass is 392 g/mol. The summed E-state index contributed by atoms with van der Waals surface area (Å²) >= 11 is 0. The van der Waals surface area contributed by atoms with Crippen LogP contribution >= 0.6 is 0 Å². The fourth-order valence-electron chi connectivity index (χ4n) is 3.04. The molecule has 0 bridgehead atoms. The Kier molecular flexibility index (Phi) is 5.54. The quantitative estimate of drug-likeness (QED) is 0.676. The standard InChI is InChI=1S/C17H20N4O5S/c22-15(19-20-16(23)9-12-6-8-27(25,26)10-12)5-7-21-11-18-14-4-2-1-3-13(14)17(21)24/h1-4,11-12H,5-10H2,(H,19,22)(H,20,23). The molecule has 1 fully saturated rings. The smallest absolute Gasteiger partial charge is 0.261 e. The molecule has 1 aliphatic heterocycles. The number of aryl methyl sites for hydroxylation is 1. The van der Waals surface area contributed by atoms with Crippen LogP contribution in [0, 0.1) is 5.92 Å². The van der Waals surface area contributed by atoms with E-state index in [1.807, 2.05) is 0 Å². The van der Waals surface area contributed by atoms with Crippen LogP contribution in [0.1, 0.15) is 19.3 Å². The van der Waals surface area contributed by atoms with Gasteiger partial charge in [-0.2, -0.15) is 0 Å². The summed E-state index contributed by atoms with van der Waals surface area (Å²) in [6, 6.07) is 6.94. The molecule has 0 aliphatic carbocycles. The Morgan fingerprint density at radius 2 is 1.93 bits per heavy atom. The predicted molar refractivity (Wildman–Crippen MR) is 98.3 cm³/mol. The number of carbonyl (C=O) groups excluding carboxylic acids is 2. The largest absolute Gasteiger partial charge is 0.298 e. The van der Waals surface area contributed by atoms with E-state index in [1.165, 1.54) is 10.9 Å². The molecule has 2 N–H and O–H groups in total. The van der Waals surface area contributed by atoms with Crippen molar-refractivity contribution in [1.29, 1.82) is 0 Å². The van der Waals surface area contributed by atoms with Crippen molar-refractivity contribution in [3.05, 3.63) is 40.9 Å². The van der Waals surface area contributed by atoms with Gasteiger partial charge in [-0.05, 0) is 24.5 Å². The zero-order valence-corrected chi connectivity index (χ0v) is 15.4. The molecule has 144 valence electrons. The van der Waals surface area contributed by atoms with Crippen molar-refractivity contribution >= 4 is 32.6 Å². The van der Waals surface area contributed by atoms with E-state index >= 15 is 0 Å². The Balaban J connectivity index is 1.47. The zero-order chi connectivity index (χ0) is 19.4. The van der Waals surface area contributed by atoms with Gasteiger partial charge in [-0.25, -0.2) is 13.4 Å². The Labute approximate surface area is 155 Å². The second kappa shape index (κ2) is 7.87. The summed E-state index contributed by atoms with van der Waals surface area (Å²) in [4.78, 5) is 40.2. The molecular formula is C17H20N4O5S. The van der Waals surface area contributed by atoms with Crippen LogP contribution in [-0.2, 0) is 26.0 Å². The predicted octanol–water partition coefficient (Wildman–Crippen LogP) is -0.241. The Morgan fingerprint density at radius 1 is 1.19 bits per heavy atom. The molecule has 0 spiro atoms. The molecule has 2 heterocycles. The molecule has 0 radical (unpaired) electrons. The van der Waals surface area contributed by atoms with Gasteiger partial charge in [-0.1, -0.05) is 12.1 Å². The summed E-state index contributed by atoms with van der Waals surface area (Å²) in [6.45, 7) is 0.124.